The summed E-state index contributed by atoms with van der Waals surface area (Å²) in [6.45, 7) is 2.61. The number of esters is 1. The van der Waals surface area contributed by atoms with Crippen molar-refractivity contribution in [3.05, 3.63) is 54.1 Å². The first-order valence-corrected chi connectivity index (χ1v) is 9.12. The Morgan fingerprint density at radius 3 is 2.46 bits per heavy atom. The van der Waals surface area contributed by atoms with E-state index >= 15 is 0 Å². The minimum absolute atomic E-state index is 0.123. The molecule has 0 fully saturated rings. The molecule has 0 aliphatic carbocycles. The van der Waals surface area contributed by atoms with Gasteiger partial charge in [-0.2, -0.15) is 0 Å². The van der Waals surface area contributed by atoms with Crippen LogP contribution < -0.4 is 20.7 Å². The first kappa shape index (κ1) is 21.2. The van der Waals surface area contributed by atoms with Gasteiger partial charge in [-0.25, -0.2) is 4.79 Å². The van der Waals surface area contributed by atoms with E-state index < -0.39 is 0 Å². The second-order valence-corrected chi connectivity index (χ2v) is 6.27. The molecule has 0 spiro atoms. The zero-order valence-electron chi connectivity index (χ0n) is 15.8. The Bertz CT molecular complexity index is 824. The highest BCUT2D eigenvalue weighted by Gasteiger charge is 2.05. The SMILES string of the molecule is COC(=O)c1ccc(NC(=S)NCCCOc2cccc(NC(C)=O)c2)cc1. The van der Waals surface area contributed by atoms with Crippen LogP contribution in [0.5, 0.6) is 5.75 Å². The molecule has 0 radical (unpaired) electrons. The van der Waals surface area contributed by atoms with Crippen molar-refractivity contribution in [2.24, 2.45) is 0 Å². The molecule has 7 nitrogen and oxygen atoms in total. The van der Waals surface area contributed by atoms with E-state index in [1.165, 1.54) is 14.0 Å². The maximum absolute atomic E-state index is 11.4. The second-order valence-electron chi connectivity index (χ2n) is 5.86. The maximum atomic E-state index is 11.4. The Morgan fingerprint density at radius 1 is 1.04 bits per heavy atom. The van der Waals surface area contributed by atoms with Crippen LogP contribution in [0.1, 0.15) is 23.7 Å². The third kappa shape index (κ3) is 7.24. The summed E-state index contributed by atoms with van der Waals surface area (Å²) in [4.78, 5) is 22.5. The van der Waals surface area contributed by atoms with Crippen LogP contribution in [0.3, 0.4) is 0 Å². The Labute approximate surface area is 169 Å². The van der Waals surface area contributed by atoms with Gasteiger partial charge in [0, 0.05) is 30.9 Å². The fourth-order valence-electron chi connectivity index (χ4n) is 2.31. The molecular formula is C20H23N3O4S. The first-order valence-electron chi connectivity index (χ1n) is 8.71. The van der Waals surface area contributed by atoms with Gasteiger partial charge in [0.15, 0.2) is 5.11 Å². The quantitative estimate of drug-likeness (QED) is 0.356. The second kappa shape index (κ2) is 10.9. The van der Waals surface area contributed by atoms with Crippen molar-refractivity contribution in [3.63, 3.8) is 0 Å². The number of nitrogens with one attached hydrogen (secondary N) is 3. The normalized spacial score (nSPS) is 9.93. The molecule has 0 aliphatic rings. The lowest BCUT2D eigenvalue weighted by atomic mass is 10.2. The fourth-order valence-corrected chi connectivity index (χ4v) is 2.53. The zero-order chi connectivity index (χ0) is 20.4. The first-order chi connectivity index (χ1) is 13.5. The van der Waals surface area contributed by atoms with Crippen LogP contribution in [-0.4, -0.2) is 37.3 Å². The number of methoxy groups -OCH3 is 1. The molecule has 0 atom stereocenters. The highest BCUT2D eigenvalue weighted by Crippen LogP contribution is 2.17. The molecule has 0 bridgehead atoms. The van der Waals surface area contributed by atoms with Crippen LogP contribution >= 0.6 is 12.2 Å². The van der Waals surface area contributed by atoms with E-state index in [9.17, 15) is 9.59 Å². The molecule has 3 N–H and O–H groups in total. The number of carbonyl (C=O) groups excluding carboxylic acids is 2. The highest BCUT2D eigenvalue weighted by atomic mass is 32.1. The smallest absolute Gasteiger partial charge is 0.337 e. The van der Waals surface area contributed by atoms with Crippen LogP contribution in [0.15, 0.2) is 48.5 Å². The molecule has 8 heteroatoms. The topological polar surface area (TPSA) is 88.7 Å². The summed E-state index contributed by atoms with van der Waals surface area (Å²) in [6, 6.07) is 14.1. The van der Waals surface area contributed by atoms with Crippen molar-refractivity contribution in [1.29, 1.82) is 0 Å². The molecule has 28 heavy (non-hydrogen) atoms. The average molecular weight is 401 g/mol. The van der Waals surface area contributed by atoms with Crippen LogP contribution in [0.4, 0.5) is 11.4 Å². The maximum Gasteiger partial charge on any atom is 0.337 e. The molecule has 2 aromatic rings. The van der Waals surface area contributed by atoms with E-state index in [0.29, 0.717) is 35.3 Å². The number of hydrogen-bond acceptors (Lipinski definition) is 5. The zero-order valence-corrected chi connectivity index (χ0v) is 16.6. The van der Waals surface area contributed by atoms with Gasteiger partial charge in [0.05, 0.1) is 19.3 Å². The van der Waals surface area contributed by atoms with Crippen molar-refractivity contribution >= 4 is 40.6 Å². The molecule has 0 unspecified atom stereocenters. The van der Waals surface area contributed by atoms with Gasteiger partial charge in [0.25, 0.3) is 0 Å². The number of thiocarbonyl (C=S) groups is 1. The van der Waals surface area contributed by atoms with E-state index in [-0.39, 0.29) is 11.9 Å². The number of rotatable bonds is 8. The van der Waals surface area contributed by atoms with Crippen LogP contribution in [0.25, 0.3) is 0 Å². The molecule has 0 aromatic heterocycles. The Balaban J connectivity index is 1.67. The molecule has 1 amide bonds. The van der Waals surface area contributed by atoms with Gasteiger partial charge in [-0.05, 0) is 55.0 Å². The largest absolute Gasteiger partial charge is 0.493 e. The van der Waals surface area contributed by atoms with E-state index in [4.69, 9.17) is 17.0 Å². The lowest BCUT2D eigenvalue weighted by molar-refractivity contribution is -0.114. The molecule has 2 rings (SSSR count). The summed E-state index contributed by atoms with van der Waals surface area (Å²) < 4.78 is 10.3. The van der Waals surface area contributed by atoms with Crippen LogP contribution in [0.2, 0.25) is 0 Å². The number of benzene rings is 2. The van der Waals surface area contributed by atoms with Gasteiger partial charge < -0.3 is 25.4 Å². The van der Waals surface area contributed by atoms with Crippen molar-refractivity contribution < 1.29 is 19.1 Å². The van der Waals surface area contributed by atoms with Gasteiger partial charge in [0.1, 0.15) is 5.75 Å². The average Bonchev–Trinajstić information content (AvgIpc) is 2.67. The van der Waals surface area contributed by atoms with E-state index in [1.54, 1.807) is 36.4 Å². The summed E-state index contributed by atoms with van der Waals surface area (Å²) in [7, 11) is 1.34. The number of carbonyl (C=O) groups is 2. The number of amides is 1. The Morgan fingerprint density at radius 2 is 1.79 bits per heavy atom. The predicted molar refractivity (Wildman–Crippen MR) is 113 cm³/mol. The molecular weight excluding hydrogens is 378 g/mol. The predicted octanol–water partition coefficient (Wildman–Crippen LogP) is 3.19. The van der Waals surface area contributed by atoms with Gasteiger partial charge in [-0.1, -0.05) is 6.07 Å². The standard InChI is InChI=1S/C20H23N3O4S/c1-14(24)22-17-5-3-6-18(13-17)27-12-4-11-21-20(28)23-16-9-7-15(8-10-16)19(25)26-2/h3,5-10,13H,4,11-12H2,1-2H3,(H,22,24)(H2,21,23,28). The van der Waals surface area contributed by atoms with Crippen LogP contribution in [-0.2, 0) is 9.53 Å². The molecule has 2 aromatic carbocycles. The summed E-state index contributed by atoms with van der Waals surface area (Å²) >= 11 is 5.25. The van der Waals surface area contributed by atoms with Gasteiger partial charge in [0.2, 0.25) is 5.91 Å². The van der Waals surface area contributed by atoms with Gasteiger partial charge >= 0.3 is 5.97 Å². The highest BCUT2D eigenvalue weighted by molar-refractivity contribution is 7.80. The van der Waals surface area contributed by atoms with Gasteiger partial charge in [-0.15, -0.1) is 0 Å². The summed E-state index contributed by atoms with van der Waals surface area (Å²) in [5.74, 6) is 0.190. The third-order valence-electron chi connectivity index (χ3n) is 3.59. The lowest BCUT2D eigenvalue weighted by Crippen LogP contribution is -2.30. The van der Waals surface area contributed by atoms with Gasteiger partial charge in [-0.3, -0.25) is 4.79 Å². The number of ether oxygens (including phenoxy) is 2. The summed E-state index contributed by atoms with van der Waals surface area (Å²) in [5.41, 5.74) is 1.95. The summed E-state index contributed by atoms with van der Waals surface area (Å²) in [6.07, 6.45) is 0.744. The molecule has 0 saturated carbocycles. The van der Waals surface area contributed by atoms with E-state index in [0.717, 1.165) is 12.1 Å². The fraction of sp³-hybridized carbons (Fsp3) is 0.250. The van der Waals surface area contributed by atoms with Crippen molar-refractivity contribution in [2.45, 2.75) is 13.3 Å². The Kier molecular flexibility index (Phi) is 8.23. The van der Waals surface area contributed by atoms with Crippen molar-refractivity contribution in [2.75, 3.05) is 30.9 Å². The minimum atomic E-state index is -0.380. The van der Waals surface area contributed by atoms with Crippen molar-refractivity contribution in [3.8, 4) is 5.75 Å². The molecule has 0 heterocycles. The van der Waals surface area contributed by atoms with Crippen molar-refractivity contribution in [1.82, 2.24) is 5.32 Å². The number of anilines is 2. The monoisotopic (exact) mass is 401 g/mol. The molecule has 0 aliphatic heterocycles. The number of hydrogen-bond donors (Lipinski definition) is 3. The van der Waals surface area contributed by atoms with Crippen LogP contribution in [0, 0.1) is 0 Å². The third-order valence-corrected chi connectivity index (χ3v) is 3.84. The van der Waals surface area contributed by atoms with E-state index in [1.807, 2.05) is 12.1 Å². The summed E-state index contributed by atoms with van der Waals surface area (Å²) in [5, 5.41) is 9.34. The minimum Gasteiger partial charge on any atom is -0.493 e. The molecule has 0 saturated heterocycles. The Hall–Kier alpha value is -3.13. The van der Waals surface area contributed by atoms with E-state index in [2.05, 4.69) is 20.7 Å². The molecule has 148 valence electrons. The lowest BCUT2D eigenvalue weighted by Gasteiger charge is -2.12.